The second-order valence-electron chi connectivity index (χ2n) is 3.31. The molecule has 0 amide bonds. The molecule has 17 heavy (non-hydrogen) atoms. The number of nitrogens with zero attached hydrogens (tertiary/aromatic N) is 2. The molecule has 2 rings (SSSR count). The molecule has 0 aliphatic heterocycles. The molecule has 0 unspecified atom stereocenters. The summed E-state index contributed by atoms with van der Waals surface area (Å²) in [7, 11) is 0. The highest BCUT2D eigenvalue weighted by molar-refractivity contribution is 6.35. The number of benzene rings is 1. The van der Waals surface area contributed by atoms with Crippen molar-refractivity contribution in [2.45, 2.75) is 6.54 Å². The van der Waals surface area contributed by atoms with Gasteiger partial charge in [-0.05, 0) is 24.3 Å². The van der Waals surface area contributed by atoms with Crippen LogP contribution in [-0.4, -0.2) is 9.97 Å². The molecule has 2 aromatic rings. The number of rotatable bonds is 3. The van der Waals surface area contributed by atoms with E-state index in [1.807, 2.05) is 0 Å². The molecular weight excluding hydrogens is 259 g/mol. The Balaban J connectivity index is 2.27. The van der Waals surface area contributed by atoms with Crippen molar-refractivity contribution in [3.8, 4) is 0 Å². The van der Waals surface area contributed by atoms with Crippen molar-refractivity contribution in [2.24, 2.45) is 5.73 Å². The van der Waals surface area contributed by atoms with Crippen LogP contribution in [0.5, 0.6) is 0 Å². The number of hydrogen-bond donors (Lipinski definition) is 2. The Morgan fingerprint density at radius 3 is 2.82 bits per heavy atom. The normalized spacial score (nSPS) is 10.3. The molecule has 1 aromatic heterocycles. The molecule has 0 radical (unpaired) electrons. The van der Waals surface area contributed by atoms with Gasteiger partial charge in [0.05, 0.1) is 17.3 Å². The number of anilines is 2. The van der Waals surface area contributed by atoms with Gasteiger partial charge in [-0.3, -0.25) is 0 Å². The van der Waals surface area contributed by atoms with E-state index in [2.05, 4.69) is 15.3 Å². The maximum Gasteiger partial charge on any atom is 0.144 e. The molecule has 0 saturated heterocycles. The summed E-state index contributed by atoms with van der Waals surface area (Å²) in [5.74, 6) is 1.19. The summed E-state index contributed by atoms with van der Waals surface area (Å²) in [6.07, 6.45) is 1.63. The molecule has 0 atom stereocenters. The Bertz CT molecular complexity index is 531. The Morgan fingerprint density at radius 1 is 1.24 bits per heavy atom. The van der Waals surface area contributed by atoms with Crippen LogP contribution in [0.15, 0.2) is 30.5 Å². The van der Waals surface area contributed by atoms with Gasteiger partial charge in [-0.2, -0.15) is 0 Å². The molecule has 1 heterocycles. The third-order valence-electron chi connectivity index (χ3n) is 2.08. The number of nitrogens with two attached hydrogens (primary N) is 1. The van der Waals surface area contributed by atoms with Gasteiger partial charge in [-0.1, -0.05) is 23.2 Å². The average Bonchev–Trinajstić information content (AvgIpc) is 2.34. The molecule has 0 spiro atoms. The van der Waals surface area contributed by atoms with Gasteiger partial charge in [0.1, 0.15) is 11.6 Å². The van der Waals surface area contributed by atoms with Gasteiger partial charge in [-0.15, -0.1) is 0 Å². The quantitative estimate of drug-likeness (QED) is 0.899. The fraction of sp³-hybridized carbons (Fsp3) is 0.0909. The fourth-order valence-electron chi connectivity index (χ4n) is 1.30. The zero-order chi connectivity index (χ0) is 12.3. The average molecular weight is 269 g/mol. The van der Waals surface area contributed by atoms with Crippen molar-refractivity contribution in [1.82, 2.24) is 9.97 Å². The summed E-state index contributed by atoms with van der Waals surface area (Å²) in [4.78, 5) is 8.21. The lowest BCUT2D eigenvalue weighted by Gasteiger charge is -2.08. The highest BCUT2D eigenvalue weighted by Crippen LogP contribution is 2.27. The van der Waals surface area contributed by atoms with Gasteiger partial charge in [0, 0.05) is 11.2 Å². The zero-order valence-corrected chi connectivity index (χ0v) is 10.3. The molecule has 3 N–H and O–H groups in total. The van der Waals surface area contributed by atoms with Crippen LogP contribution >= 0.6 is 23.2 Å². The van der Waals surface area contributed by atoms with Gasteiger partial charge in [0.25, 0.3) is 0 Å². The minimum atomic E-state index is 0.290. The molecule has 0 aliphatic carbocycles. The molecule has 0 saturated carbocycles. The third-order valence-corrected chi connectivity index (χ3v) is 2.64. The summed E-state index contributed by atoms with van der Waals surface area (Å²) in [5, 5.41) is 4.24. The van der Waals surface area contributed by atoms with Crippen LogP contribution in [0.3, 0.4) is 0 Å². The SMILES string of the molecule is NCc1nccc(Nc2cc(Cl)ccc2Cl)n1. The lowest BCUT2D eigenvalue weighted by molar-refractivity contribution is 0.912. The summed E-state index contributed by atoms with van der Waals surface area (Å²) in [6.45, 7) is 0.290. The smallest absolute Gasteiger partial charge is 0.144 e. The molecule has 6 heteroatoms. The van der Waals surface area contributed by atoms with Gasteiger partial charge < -0.3 is 11.1 Å². The molecule has 0 bridgehead atoms. The van der Waals surface area contributed by atoms with Gasteiger partial charge >= 0.3 is 0 Å². The predicted molar refractivity (Wildman–Crippen MR) is 69.7 cm³/mol. The molecule has 4 nitrogen and oxygen atoms in total. The number of hydrogen-bond acceptors (Lipinski definition) is 4. The maximum atomic E-state index is 6.03. The van der Waals surface area contributed by atoms with E-state index in [0.29, 0.717) is 33.9 Å². The van der Waals surface area contributed by atoms with Crippen LogP contribution < -0.4 is 11.1 Å². The molecular formula is C11H10Cl2N4. The second kappa shape index (κ2) is 5.31. The zero-order valence-electron chi connectivity index (χ0n) is 8.82. The number of aromatic nitrogens is 2. The summed E-state index contributed by atoms with van der Waals surface area (Å²) in [6, 6.07) is 6.90. The van der Waals surface area contributed by atoms with Crippen LogP contribution in [0.1, 0.15) is 5.82 Å². The van der Waals surface area contributed by atoms with Crippen LogP contribution in [-0.2, 0) is 6.54 Å². The van der Waals surface area contributed by atoms with E-state index >= 15 is 0 Å². The first kappa shape index (κ1) is 12.1. The highest BCUT2D eigenvalue weighted by atomic mass is 35.5. The lowest BCUT2D eigenvalue weighted by Crippen LogP contribution is -2.04. The van der Waals surface area contributed by atoms with E-state index in [4.69, 9.17) is 28.9 Å². The maximum absolute atomic E-state index is 6.03. The largest absolute Gasteiger partial charge is 0.339 e. The topological polar surface area (TPSA) is 63.8 Å². The molecule has 0 aliphatic rings. The van der Waals surface area contributed by atoms with Gasteiger partial charge in [-0.25, -0.2) is 9.97 Å². The first-order chi connectivity index (χ1) is 8.19. The van der Waals surface area contributed by atoms with Gasteiger partial charge in [0.2, 0.25) is 0 Å². The van der Waals surface area contributed by atoms with Crippen LogP contribution in [0.4, 0.5) is 11.5 Å². The summed E-state index contributed by atoms with van der Waals surface area (Å²) in [5.41, 5.74) is 6.16. The first-order valence-corrected chi connectivity index (χ1v) is 5.68. The van der Waals surface area contributed by atoms with E-state index < -0.39 is 0 Å². The minimum Gasteiger partial charge on any atom is -0.339 e. The lowest BCUT2D eigenvalue weighted by atomic mass is 10.3. The number of nitrogens with one attached hydrogen (secondary N) is 1. The van der Waals surface area contributed by atoms with E-state index in [9.17, 15) is 0 Å². The second-order valence-corrected chi connectivity index (χ2v) is 4.16. The van der Waals surface area contributed by atoms with Crippen LogP contribution in [0, 0.1) is 0 Å². The van der Waals surface area contributed by atoms with Crippen molar-refractivity contribution >= 4 is 34.7 Å². The first-order valence-electron chi connectivity index (χ1n) is 4.93. The number of halogens is 2. The molecule has 88 valence electrons. The fourth-order valence-corrected chi connectivity index (χ4v) is 1.64. The van der Waals surface area contributed by atoms with Crippen molar-refractivity contribution in [2.75, 3.05) is 5.32 Å². The van der Waals surface area contributed by atoms with Crippen molar-refractivity contribution in [3.05, 3.63) is 46.3 Å². The van der Waals surface area contributed by atoms with E-state index in [1.165, 1.54) is 0 Å². The predicted octanol–water partition coefficient (Wildman–Crippen LogP) is 2.99. The van der Waals surface area contributed by atoms with E-state index in [1.54, 1.807) is 30.5 Å². The summed E-state index contributed by atoms with van der Waals surface area (Å²) >= 11 is 11.9. The molecule has 1 aromatic carbocycles. The van der Waals surface area contributed by atoms with E-state index in [0.717, 1.165) is 0 Å². The Morgan fingerprint density at radius 2 is 2.06 bits per heavy atom. The van der Waals surface area contributed by atoms with Crippen molar-refractivity contribution in [3.63, 3.8) is 0 Å². The van der Waals surface area contributed by atoms with Crippen LogP contribution in [0.2, 0.25) is 10.0 Å². The third kappa shape index (κ3) is 3.06. The Labute approximate surface area is 109 Å². The monoisotopic (exact) mass is 268 g/mol. The molecule has 0 fully saturated rings. The standard InChI is InChI=1S/C11H10Cl2N4/c12-7-1-2-8(13)9(5-7)16-10-3-4-15-11(6-14)17-10/h1-5H,6,14H2,(H,15,16,17). The van der Waals surface area contributed by atoms with Crippen molar-refractivity contribution < 1.29 is 0 Å². The van der Waals surface area contributed by atoms with E-state index in [-0.39, 0.29) is 0 Å². The Hall–Kier alpha value is -1.36. The Kier molecular flexibility index (Phi) is 3.78. The highest BCUT2D eigenvalue weighted by Gasteiger charge is 2.03. The van der Waals surface area contributed by atoms with Crippen LogP contribution in [0.25, 0.3) is 0 Å². The summed E-state index contributed by atoms with van der Waals surface area (Å²) < 4.78 is 0. The van der Waals surface area contributed by atoms with Gasteiger partial charge in [0.15, 0.2) is 0 Å². The van der Waals surface area contributed by atoms with Crippen molar-refractivity contribution in [1.29, 1.82) is 0 Å². The minimum absolute atomic E-state index is 0.290.